The van der Waals surface area contributed by atoms with Gasteiger partial charge in [0.1, 0.15) is 17.0 Å². The van der Waals surface area contributed by atoms with Crippen molar-refractivity contribution in [3.05, 3.63) is 47.5 Å². The number of benzene rings is 1. The molecule has 0 spiro atoms. The second-order valence-electron chi connectivity index (χ2n) is 8.53. The fraction of sp³-hybridized carbons (Fsp3) is 0.423. The Morgan fingerprint density at radius 3 is 2.68 bits per heavy atom. The van der Waals surface area contributed by atoms with Crippen LogP contribution in [0.1, 0.15) is 35.2 Å². The first-order valence-electron chi connectivity index (χ1n) is 12.4. The van der Waals surface area contributed by atoms with Gasteiger partial charge < -0.3 is 24.4 Å². The molecule has 4 rings (SSSR count). The number of hydrogen-bond donors (Lipinski definition) is 2. The number of ether oxygens (including phenoxy) is 3. The van der Waals surface area contributed by atoms with Crippen LogP contribution in [0.2, 0.25) is 0 Å². The summed E-state index contributed by atoms with van der Waals surface area (Å²) in [5.41, 5.74) is 1.77. The number of pyridine rings is 1. The first-order valence-corrected chi connectivity index (χ1v) is 13.2. The summed E-state index contributed by atoms with van der Waals surface area (Å²) in [6.45, 7) is 2.70. The molecule has 2 N–H and O–H groups in total. The van der Waals surface area contributed by atoms with Crippen molar-refractivity contribution in [2.45, 2.75) is 25.4 Å². The summed E-state index contributed by atoms with van der Waals surface area (Å²) in [6, 6.07) is 10.3. The number of methoxy groups -OCH3 is 1. The van der Waals surface area contributed by atoms with Crippen LogP contribution in [0.15, 0.2) is 41.6 Å². The molecule has 0 unspecified atom stereocenters. The van der Waals surface area contributed by atoms with E-state index in [-0.39, 0.29) is 17.6 Å². The molecule has 3 heterocycles. The lowest BCUT2D eigenvalue weighted by Gasteiger charge is -2.10. The molecule has 1 aliphatic rings. The van der Waals surface area contributed by atoms with Gasteiger partial charge in [-0.15, -0.1) is 0 Å². The Labute approximate surface area is 224 Å². The molecule has 1 atom stereocenters. The van der Waals surface area contributed by atoms with E-state index in [0.29, 0.717) is 84.7 Å². The van der Waals surface area contributed by atoms with Crippen molar-refractivity contribution in [2.24, 2.45) is 5.16 Å². The van der Waals surface area contributed by atoms with Crippen LogP contribution in [0.3, 0.4) is 0 Å². The van der Waals surface area contributed by atoms with Crippen LogP contribution in [0.5, 0.6) is 5.88 Å². The fourth-order valence-corrected chi connectivity index (χ4v) is 4.46. The minimum absolute atomic E-state index is 0.00664. The van der Waals surface area contributed by atoms with Crippen molar-refractivity contribution in [1.29, 1.82) is 0 Å². The van der Waals surface area contributed by atoms with Gasteiger partial charge in [-0.05, 0) is 19.5 Å². The topological polar surface area (TPSA) is 133 Å². The van der Waals surface area contributed by atoms with E-state index in [1.54, 1.807) is 43.5 Å². The normalized spacial score (nSPS) is 15.5. The Hall–Kier alpha value is -3.45. The molecule has 0 saturated carbocycles. The number of nitrogens with zero attached hydrogens (tertiary/aromatic N) is 3. The van der Waals surface area contributed by atoms with Crippen LogP contribution in [0.4, 0.5) is 5.13 Å². The summed E-state index contributed by atoms with van der Waals surface area (Å²) >= 11 is 1.23. The molecule has 2 aromatic heterocycles. The van der Waals surface area contributed by atoms with Crippen LogP contribution in [-0.4, -0.2) is 80.6 Å². The number of thiazole rings is 1. The molecule has 1 saturated heterocycles. The van der Waals surface area contributed by atoms with Crippen molar-refractivity contribution >= 4 is 44.2 Å². The number of fused-ring (bicyclic) bond motifs is 1. The number of carbonyl (C=O) groups is 2. The summed E-state index contributed by atoms with van der Waals surface area (Å²) in [6.07, 6.45) is 1.49. The first kappa shape index (κ1) is 27.6. The van der Waals surface area contributed by atoms with E-state index in [4.69, 9.17) is 19.0 Å². The van der Waals surface area contributed by atoms with Gasteiger partial charge in [-0.1, -0.05) is 40.8 Å². The van der Waals surface area contributed by atoms with Gasteiger partial charge in [-0.3, -0.25) is 14.9 Å². The van der Waals surface area contributed by atoms with Crippen LogP contribution in [0, 0.1) is 0 Å². The zero-order valence-corrected chi connectivity index (χ0v) is 22.2. The lowest BCUT2D eigenvalue weighted by molar-refractivity contribution is -0.110. The van der Waals surface area contributed by atoms with Gasteiger partial charge in [0.25, 0.3) is 5.91 Å². The second-order valence-corrected chi connectivity index (χ2v) is 9.50. The molecule has 1 fully saturated rings. The van der Waals surface area contributed by atoms with Crippen LogP contribution < -0.4 is 15.4 Å². The molecule has 12 heteroatoms. The van der Waals surface area contributed by atoms with Crippen LogP contribution in [0.25, 0.3) is 10.3 Å². The standard InChI is InChI=1S/C26H31N5O6S/c1-27-12-15-36-22-10-9-20-25(29-22)38-26(28-20)30-24(33)23(31-37-19-11-14-35-16-19)18-7-5-17(6-8-18)21(32)4-3-13-34-2/h5-10,19,27H,3-4,11-16H2,1-2H3,(H,28,30,33)/b31-23+/t19-/m0/s1. The van der Waals surface area contributed by atoms with E-state index in [1.807, 2.05) is 7.05 Å². The smallest absolute Gasteiger partial charge is 0.280 e. The molecule has 1 aliphatic heterocycles. The number of likely N-dealkylation sites (N-methyl/N-ethyl adjacent to an activating group) is 1. The highest BCUT2D eigenvalue weighted by molar-refractivity contribution is 7.22. The Morgan fingerprint density at radius 2 is 1.95 bits per heavy atom. The van der Waals surface area contributed by atoms with E-state index in [2.05, 4.69) is 25.8 Å². The number of ketones is 1. The fourth-order valence-electron chi connectivity index (χ4n) is 3.63. The maximum Gasteiger partial charge on any atom is 0.280 e. The average Bonchev–Trinajstić information content (AvgIpc) is 3.59. The monoisotopic (exact) mass is 541 g/mol. The summed E-state index contributed by atoms with van der Waals surface area (Å²) in [4.78, 5) is 40.9. The molecule has 1 aromatic carbocycles. The number of rotatable bonds is 14. The zero-order chi connectivity index (χ0) is 26.7. The largest absolute Gasteiger partial charge is 0.476 e. The summed E-state index contributed by atoms with van der Waals surface area (Å²) < 4.78 is 16.0. The lowest BCUT2D eigenvalue weighted by Crippen LogP contribution is -2.25. The highest BCUT2D eigenvalue weighted by Crippen LogP contribution is 2.26. The molecule has 11 nitrogen and oxygen atoms in total. The molecule has 38 heavy (non-hydrogen) atoms. The number of hydrogen-bond acceptors (Lipinski definition) is 11. The van der Waals surface area contributed by atoms with E-state index in [0.717, 1.165) is 0 Å². The molecular weight excluding hydrogens is 510 g/mol. The Balaban J connectivity index is 1.50. The highest BCUT2D eigenvalue weighted by atomic mass is 32.1. The molecular formula is C26H31N5O6S. The maximum atomic E-state index is 13.3. The Kier molecular flexibility index (Phi) is 10.1. The van der Waals surface area contributed by atoms with Gasteiger partial charge >= 0.3 is 0 Å². The van der Waals surface area contributed by atoms with Gasteiger partial charge in [-0.2, -0.15) is 0 Å². The van der Waals surface area contributed by atoms with E-state index in [1.165, 1.54) is 11.3 Å². The van der Waals surface area contributed by atoms with Crippen molar-refractivity contribution in [1.82, 2.24) is 15.3 Å². The first-order chi connectivity index (χ1) is 18.6. The van der Waals surface area contributed by atoms with Crippen LogP contribution >= 0.6 is 11.3 Å². The van der Waals surface area contributed by atoms with E-state index < -0.39 is 5.91 Å². The summed E-state index contributed by atoms with van der Waals surface area (Å²) in [7, 11) is 3.45. The van der Waals surface area contributed by atoms with Crippen molar-refractivity contribution in [3.8, 4) is 5.88 Å². The number of carbonyl (C=O) groups excluding carboxylic acids is 2. The minimum atomic E-state index is -0.493. The molecule has 1 amide bonds. The Bertz CT molecular complexity index is 1260. The van der Waals surface area contributed by atoms with E-state index in [9.17, 15) is 9.59 Å². The molecule has 0 aliphatic carbocycles. The zero-order valence-electron chi connectivity index (χ0n) is 21.4. The van der Waals surface area contributed by atoms with Gasteiger partial charge in [0.05, 0.1) is 13.2 Å². The van der Waals surface area contributed by atoms with Gasteiger partial charge in [0.15, 0.2) is 22.7 Å². The van der Waals surface area contributed by atoms with Crippen molar-refractivity contribution < 1.29 is 28.6 Å². The number of Topliss-reactive ketones (excluding diaryl/α,β-unsaturated/α-hetero) is 1. The minimum Gasteiger partial charge on any atom is -0.476 e. The Morgan fingerprint density at radius 1 is 1.13 bits per heavy atom. The number of nitrogens with one attached hydrogen (secondary N) is 2. The molecule has 202 valence electrons. The third-order valence-corrected chi connectivity index (χ3v) is 6.56. The number of aromatic nitrogens is 2. The summed E-state index contributed by atoms with van der Waals surface area (Å²) in [5, 5.41) is 10.4. The molecule has 0 bridgehead atoms. The average molecular weight is 542 g/mol. The predicted octanol–water partition coefficient (Wildman–Crippen LogP) is 3.05. The number of amides is 1. The SMILES string of the molecule is CNCCOc1ccc2nc(NC(=O)/C(=N/O[C@H]3CCOC3)c3ccc(C(=O)CCCOC)cc3)sc2n1. The van der Waals surface area contributed by atoms with Crippen LogP contribution in [-0.2, 0) is 19.1 Å². The maximum absolute atomic E-state index is 13.3. The van der Waals surface area contributed by atoms with Gasteiger partial charge in [0.2, 0.25) is 5.88 Å². The third kappa shape index (κ3) is 7.54. The number of anilines is 1. The van der Waals surface area contributed by atoms with Crippen molar-refractivity contribution in [2.75, 3.05) is 52.4 Å². The van der Waals surface area contributed by atoms with Gasteiger partial charge in [0, 0.05) is 50.3 Å². The number of oxime groups is 1. The van der Waals surface area contributed by atoms with E-state index >= 15 is 0 Å². The quantitative estimate of drug-likeness (QED) is 0.137. The van der Waals surface area contributed by atoms with Crippen molar-refractivity contribution in [3.63, 3.8) is 0 Å². The third-order valence-electron chi connectivity index (χ3n) is 5.68. The highest BCUT2D eigenvalue weighted by Gasteiger charge is 2.22. The molecule has 0 radical (unpaired) electrons. The lowest BCUT2D eigenvalue weighted by atomic mass is 10.0. The molecule has 3 aromatic rings. The van der Waals surface area contributed by atoms with Gasteiger partial charge in [-0.25, -0.2) is 9.97 Å². The summed E-state index contributed by atoms with van der Waals surface area (Å²) in [5.74, 6) is 0.000352. The predicted molar refractivity (Wildman–Crippen MR) is 144 cm³/mol. The second kappa shape index (κ2) is 13.9.